The van der Waals surface area contributed by atoms with Crippen molar-refractivity contribution in [1.82, 2.24) is 9.88 Å². The first-order chi connectivity index (χ1) is 11.9. The molecule has 0 fully saturated rings. The van der Waals surface area contributed by atoms with Gasteiger partial charge in [0, 0.05) is 29.2 Å². The third-order valence-electron chi connectivity index (χ3n) is 5.19. The Kier molecular flexibility index (Phi) is 3.92. The Labute approximate surface area is 148 Å². The van der Waals surface area contributed by atoms with Crippen molar-refractivity contribution in [1.29, 1.82) is 0 Å². The molecule has 1 aliphatic heterocycles. The first-order valence-electron chi connectivity index (χ1n) is 9.03. The summed E-state index contributed by atoms with van der Waals surface area (Å²) in [5, 5.41) is 1.30. The normalized spacial score (nSPS) is 21.4. The Hall–Kier alpha value is -2.13. The van der Waals surface area contributed by atoms with Gasteiger partial charge in [0.15, 0.2) is 0 Å². The zero-order chi connectivity index (χ0) is 17.6. The fraction of sp³-hybridized carbons (Fsp3) is 0.364. The third kappa shape index (κ3) is 2.98. The zero-order valence-electron chi connectivity index (χ0n) is 15.1. The number of hydrogen-bond acceptors (Lipinski definition) is 1. The highest BCUT2D eigenvalue weighted by Gasteiger charge is 2.38. The lowest BCUT2D eigenvalue weighted by molar-refractivity contribution is 0.0668. The van der Waals surface area contributed by atoms with Crippen LogP contribution in [-0.2, 0) is 6.42 Å². The third-order valence-corrected chi connectivity index (χ3v) is 5.19. The summed E-state index contributed by atoms with van der Waals surface area (Å²) in [7, 11) is 0. The second-order valence-corrected chi connectivity index (χ2v) is 7.82. The standard InChI is InChI=1S/C22H25FN2/c1-15-13-18-17-11-7-8-12-19(17)24-20(18)21(16-9-5-4-6-10-16)25(15)14-22(2,3)23/h4-12,15,21,24H,13-14H2,1-3H3/t15-,21-/m1/s1. The van der Waals surface area contributed by atoms with Crippen molar-refractivity contribution < 1.29 is 4.39 Å². The van der Waals surface area contributed by atoms with E-state index in [0.717, 1.165) is 6.42 Å². The molecule has 0 bridgehead atoms. The smallest absolute Gasteiger partial charge is 0.118 e. The molecule has 3 aromatic rings. The van der Waals surface area contributed by atoms with Crippen LogP contribution < -0.4 is 0 Å². The molecule has 2 nitrogen and oxygen atoms in total. The molecule has 0 aliphatic carbocycles. The molecular weight excluding hydrogens is 311 g/mol. The number of aromatic nitrogens is 1. The SMILES string of the molecule is C[C@@H]1Cc2c([nH]c3ccccc23)[C@@H](c2ccccc2)N1CC(C)(C)F. The van der Waals surface area contributed by atoms with Gasteiger partial charge >= 0.3 is 0 Å². The summed E-state index contributed by atoms with van der Waals surface area (Å²) in [5.41, 5.74) is 3.75. The van der Waals surface area contributed by atoms with Crippen LogP contribution in [0.3, 0.4) is 0 Å². The van der Waals surface area contributed by atoms with E-state index in [1.807, 2.05) is 6.07 Å². The molecule has 2 heterocycles. The number of halogens is 1. The molecule has 25 heavy (non-hydrogen) atoms. The first-order valence-corrected chi connectivity index (χ1v) is 9.03. The molecule has 1 N–H and O–H groups in total. The van der Waals surface area contributed by atoms with Crippen LogP contribution in [-0.4, -0.2) is 28.1 Å². The van der Waals surface area contributed by atoms with Crippen molar-refractivity contribution >= 4 is 10.9 Å². The van der Waals surface area contributed by atoms with Crippen molar-refractivity contribution in [3.8, 4) is 0 Å². The quantitative estimate of drug-likeness (QED) is 0.692. The van der Waals surface area contributed by atoms with E-state index in [1.165, 1.54) is 27.7 Å². The van der Waals surface area contributed by atoms with Crippen molar-refractivity contribution in [2.75, 3.05) is 6.54 Å². The number of hydrogen-bond donors (Lipinski definition) is 1. The van der Waals surface area contributed by atoms with E-state index < -0.39 is 5.67 Å². The molecule has 0 saturated heterocycles. The Bertz CT molecular complexity index is 876. The van der Waals surface area contributed by atoms with E-state index in [4.69, 9.17) is 0 Å². The number of benzene rings is 2. The average molecular weight is 336 g/mol. The van der Waals surface area contributed by atoms with Gasteiger partial charge in [0.05, 0.1) is 6.04 Å². The predicted octanol–water partition coefficient (Wildman–Crippen LogP) is 5.25. The number of aromatic amines is 1. The second-order valence-electron chi connectivity index (χ2n) is 7.82. The van der Waals surface area contributed by atoms with E-state index in [9.17, 15) is 4.39 Å². The molecule has 0 saturated carbocycles. The summed E-state index contributed by atoms with van der Waals surface area (Å²) < 4.78 is 14.6. The zero-order valence-corrected chi connectivity index (χ0v) is 15.1. The van der Waals surface area contributed by atoms with E-state index in [1.54, 1.807) is 13.8 Å². The summed E-state index contributed by atoms with van der Waals surface area (Å²) in [4.78, 5) is 5.95. The maximum absolute atomic E-state index is 14.6. The van der Waals surface area contributed by atoms with Gasteiger partial charge in [0.2, 0.25) is 0 Å². The lowest BCUT2D eigenvalue weighted by Crippen LogP contribution is -2.47. The number of fused-ring (bicyclic) bond motifs is 3. The summed E-state index contributed by atoms with van der Waals surface area (Å²) in [5.74, 6) is 0. The van der Waals surface area contributed by atoms with E-state index in [2.05, 4.69) is 65.3 Å². The molecule has 0 unspecified atom stereocenters. The van der Waals surface area contributed by atoms with Crippen LogP contribution in [0, 0.1) is 0 Å². The molecule has 1 aromatic heterocycles. The molecule has 4 rings (SSSR count). The van der Waals surface area contributed by atoms with Crippen molar-refractivity contribution in [2.24, 2.45) is 0 Å². The Balaban J connectivity index is 1.90. The first kappa shape index (κ1) is 16.3. The van der Waals surface area contributed by atoms with E-state index in [0.29, 0.717) is 6.54 Å². The van der Waals surface area contributed by atoms with Crippen LogP contribution in [0.15, 0.2) is 54.6 Å². The van der Waals surface area contributed by atoms with Gasteiger partial charge in [-0.25, -0.2) is 4.39 Å². The number of para-hydroxylation sites is 1. The number of rotatable bonds is 3. The highest BCUT2D eigenvalue weighted by molar-refractivity contribution is 5.85. The highest BCUT2D eigenvalue weighted by Crippen LogP contribution is 2.41. The van der Waals surface area contributed by atoms with Gasteiger partial charge in [-0.2, -0.15) is 0 Å². The summed E-state index contributed by atoms with van der Waals surface area (Å²) in [6, 6.07) is 19.3. The summed E-state index contributed by atoms with van der Waals surface area (Å²) >= 11 is 0. The van der Waals surface area contributed by atoms with Crippen LogP contribution in [0.2, 0.25) is 0 Å². The maximum Gasteiger partial charge on any atom is 0.118 e. The van der Waals surface area contributed by atoms with Gasteiger partial charge in [-0.1, -0.05) is 48.5 Å². The van der Waals surface area contributed by atoms with Gasteiger partial charge in [0.1, 0.15) is 5.67 Å². The fourth-order valence-corrected chi connectivity index (χ4v) is 4.18. The van der Waals surface area contributed by atoms with E-state index in [-0.39, 0.29) is 12.1 Å². The minimum absolute atomic E-state index is 0.0578. The van der Waals surface area contributed by atoms with Crippen LogP contribution in [0.4, 0.5) is 4.39 Å². The summed E-state index contributed by atoms with van der Waals surface area (Å²) in [6.45, 7) is 5.97. The Morgan fingerprint density at radius 3 is 2.48 bits per heavy atom. The molecule has 3 heteroatoms. The van der Waals surface area contributed by atoms with Gasteiger partial charge in [-0.3, -0.25) is 4.90 Å². The van der Waals surface area contributed by atoms with Crippen LogP contribution in [0.5, 0.6) is 0 Å². The predicted molar refractivity (Wildman–Crippen MR) is 102 cm³/mol. The molecule has 0 radical (unpaired) electrons. The van der Waals surface area contributed by atoms with Gasteiger partial charge in [0.25, 0.3) is 0 Å². The largest absolute Gasteiger partial charge is 0.357 e. The molecule has 1 aliphatic rings. The molecule has 2 aromatic carbocycles. The number of nitrogens with one attached hydrogen (secondary N) is 1. The Morgan fingerprint density at radius 1 is 1.08 bits per heavy atom. The molecular formula is C22H25FN2. The number of nitrogens with zero attached hydrogens (tertiary/aromatic N) is 1. The van der Waals surface area contributed by atoms with Crippen LogP contribution in [0.1, 0.15) is 43.6 Å². The molecule has 0 spiro atoms. The highest BCUT2D eigenvalue weighted by atomic mass is 19.1. The number of H-pyrrole nitrogens is 1. The number of alkyl halides is 1. The lowest BCUT2D eigenvalue weighted by Gasteiger charge is -2.43. The van der Waals surface area contributed by atoms with Gasteiger partial charge < -0.3 is 4.98 Å². The van der Waals surface area contributed by atoms with Gasteiger partial charge in [-0.05, 0) is 44.4 Å². The Morgan fingerprint density at radius 2 is 1.76 bits per heavy atom. The van der Waals surface area contributed by atoms with Crippen LogP contribution >= 0.6 is 0 Å². The van der Waals surface area contributed by atoms with Crippen molar-refractivity contribution in [3.63, 3.8) is 0 Å². The minimum Gasteiger partial charge on any atom is -0.357 e. The maximum atomic E-state index is 14.6. The lowest BCUT2D eigenvalue weighted by atomic mass is 9.87. The average Bonchev–Trinajstić information content (AvgIpc) is 2.93. The minimum atomic E-state index is -1.23. The second kappa shape index (κ2) is 5.99. The van der Waals surface area contributed by atoms with E-state index >= 15 is 0 Å². The van der Waals surface area contributed by atoms with Crippen LogP contribution in [0.25, 0.3) is 10.9 Å². The monoisotopic (exact) mass is 336 g/mol. The molecule has 130 valence electrons. The van der Waals surface area contributed by atoms with Crippen molar-refractivity contribution in [3.05, 3.63) is 71.4 Å². The fourth-order valence-electron chi connectivity index (χ4n) is 4.18. The molecule has 0 amide bonds. The topological polar surface area (TPSA) is 19.0 Å². The van der Waals surface area contributed by atoms with Gasteiger partial charge in [-0.15, -0.1) is 0 Å². The van der Waals surface area contributed by atoms with Crippen molar-refractivity contribution in [2.45, 2.75) is 44.9 Å². The molecule has 2 atom stereocenters. The summed E-state index contributed by atoms with van der Waals surface area (Å²) in [6.07, 6.45) is 0.943.